The standard InChI is InChI=1S/C11H6Cl3FN2/c12-7-2-1-5(9(13)10(7)14)6-3-17-4-8(15)11(6)16/h1-4H,(H2,16,17). The van der Waals surface area contributed by atoms with Crippen LogP contribution in [0.2, 0.25) is 15.1 Å². The first-order chi connectivity index (χ1) is 8.02. The number of nitrogen functional groups attached to an aromatic ring is 1. The number of anilines is 1. The Balaban J connectivity index is 2.69. The molecule has 0 atom stereocenters. The third-order valence-electron chi connectivity index (χ3n) is 2.26. The van der Waals surface area contributed by atoms with Crippen molar-refractivity contribution in [3.05, 3.63) is 45.4 Å². The van der Waals surface area contributed by atoms with E-state index in [4.69, 9.17) is 40.5 Å². The lowest BCUT2D eigenvalue weighted by molar-refractivity contribution is 0.627. The highest BCUT2D eigenvalue weighted by molar-refractivity contribution is 6.49. The molecule has 0 saturated heterocycles. The Kier molecular flexibility index (Phi) is 3.43. The van der Waals surface area contributed by atoms with Gasteiger partial charge in [0, 0.05) is 17.3 Å². The van der Waals surface area contributed by atoms with E-state index in [2.05, 4.69) is 4.98 Å². The van der Waals surface area contributed by atoms with Gasteiger partial charge >= 0.3 is 0 Å². The van der Waals surface area contributed by atoms with Gasteiger partial charge in [-0.15, -0.1) is 0 Å². The molecule has 2 aromatic rings. The van der Waals surface area contributed by atoms with Gasteiger partial charge in [0.25, 0.3) is 0 Å². The maximum Gasteiger partial charge on any atom is 0.164 e. The summed E-state index contributed by atoms with van der Waals surface area (Å²) in [5, 5.41) is 0.746. The molecule has 0 amide bonds. The number of hydrogen-bond acceptors (Lipinski definition) is 2. The maximum absolute atomic E-state index is 13.3. The Morgan fingerprint density at radius 2 is 1.71 bits per heavy atom. The number of halogens is 4. The Morgan fingerprint density at radius 3 is 2.41 bits per heavy atom. The van der Waals surface area contributed by atoms with Crippen LogP contribution in [0.5, 0.6) is 0 Å². The van der Waals surface area contributed by atoms with E-state index in [9.17, 15) is 4.39 Å². The monoisotopic (exact) mass is 290 g/mol. The molecule has 0 saturated carbocycles. The Morgan fingerprint density at radius 1 is 1.00 bits per heavy atom. The van der Waals surface area contributed by atoms with Gasteiger partial charge in [-0.2, -0.15) is 0 Å². The maximum atomic E-state index is 13.3. The van der Waals surface area contributed by atoms with Crippen LogP contribution < -0.4 is 5.73 Å². The molecule has 0 fully saturated rings. The fourth-order valence-corrected chi connectivity index (χ4v) is 2.03. The predicted molar refractivity (Wildman–Crippen MR) is 69.1 cm³/mol. The summed E-state index contributed by atoms with van der Waals surface area (Å²) in [7, 11) is 0. The molecule has 1 heterocycles. The Labute approximate surface area is 112 Å². The largest absolute Gasteiger partial charge is 0.396 e. The minimum absolute atomic E-state index is 0.0275. The van der Waals surface area contributed by atoms with E-state index in [0.29, 0.717) is 16.1 Å². The lowest BCUT2D eigenvalue weighted by atomic mass is 10.1. The van der Waals surface area contributed by atoms with E-state index in [1.54, 1.807) is 12.1 Å². The van der Waals surface area contributed by atoms with Gasteiger partial charge in [-0.05, 0) is 6.07 Å². The molecule has 0 spiro atoms. The highest BCUT2D eigenvalue weighted by Crippen LogP contribution is 2.39. The van der Waals surface area contributed by atoms with Crippen molar-refractivity contribution >= 4 is 40.5 Å². The SMILES string of the molecule is Nc1c(F)cncc1-c1ccc(Cl)c(Cl)c1Cl. The second kappa shape index (κ2) is 4.69. The van der Waals surface area contributed by atoms with Crippen LogP contribution in [0.1, 0.15) is 0 Å². The van der Waals surface area contributed by atoms with E-state index in [1.165, 1.54) is 6.20 Å². The van der Waals surface area contributed by atoms with Gasteiger partial charge in [0.15, 0.2) is 5.82 Å². The summed E-state index contributed by atoms with van der Waals surface area (Å²) in [6.07, 6.45) is 2.45. The van der Waals surface area contributed by atoms with Crippen molar-refractivity contribution in [2.75, 3.05) is 5.73 Å². The van der Waals surface area contributed by atoms with E-state index in [1.807, 2.05) is 0 Å². The molecule has 17 heavy (non-hydrogen) atoms. The molecule has 0 aliphatic rings. The summed E-state index contributed by atoms with van der Waals surface area (Å²) in [5.74, 6) is -0.607. The van der Waals surface area contributed by atoms with E-state index < -0.39 is 5.82 Å². The summed E-state index contributed by atoms with van der Waals surface area (Å²) >= 11 is 17.7. The fourth-order valence-electron chi connectivity index (χ4n) is 1.39. The zero-order chi connectivity index (χ0) is 12.6. The van der Waals surface area contributed by atoms with Gasteiger partial charge in [0.1, 0.15) is 0 Å². The quantitative estimate of drug-likeness (QED) is 0.789. The zero-order valence-corrected chi connectivity index (χ0v) is 10.6. The second-order valence-electron chi connectivity index (χ2n) is 3.31. The topological polar surface area (TPSA) is 38.9 Å². The van der Waals surface area contributed by atoms with Crippen molar-refractivity contribution < 1.29 is 4.39 Å². The van der Waals surface area contributed by atoms with Crippen LogP contribution in [0.15, 0.2) is 24.5 Å². The zero-order valence-electron chi connectivity index (χ0n) is 8.35. The first-order valence-electron chi connectivity index (χ1n) is 4.55. The second-order valence-corrected chi connectivity index (χ2v) is 4.47. The van der Waals surface area contributed by atoms with Crippen molar-refractivity contribution in [1.82, 2.24) is 4.98 Å². The first kappa shape index (κ1) is 12.4. The molecule has 88 valence electrons. The van der Waals surface area contributed by atoms with E-state index in [-0.39, 0.29) is 15.7 Å². The van der Waals surface area contributed by atoms with Crippen molar-refractivity contribution in [3.63, 3.8) is 0 Å². The van der Waals surface area contributed by atoms with Gasteiger partial charge < -0.3 is 5.73 Å². The predicted octanol–water partition coefficient (Wildman–Crippen LogP) is 4.43. The highest BCUT2D eigenvalue weighted by Gasteiger charge is 2.14. The van der Waals surface area contributed by atoms with Crippen LogP contribution in [0.3, 0.4) is 0 Å². The first-order valence-corrected chi connectivity index (χ1v) is 5.68. The van der Waals surface area contributed by atoms with Crippen molar-refractivity contribution in [2.24, 2.45) is 0 Å². The number of aromatic nitrogens is 1. The van der Waals surface area contributed by atoms with Crippen LogP contribution >= 0.6 is 34.8 Å². The third-order valence-corrected chi connectivity index (χ3v) is 3.56. The number of nitrogens with two attached hydrogens (primary N) is 1. The molecule has 2 nitrogen and oxygen atoms in total. The van der Waals surface area contributed by atoms with Crippen LogP contribution in [0, 0.1) is 5.82 Å². The van der Waals surface area contributed by atoms with E-state index in [0.717, 1.165) is 6.20 Å². The molecule has 0 aliphatic carbocycles. The van der Waals surface area contributed by atoms with E-state index >= 15 is 0 Å². The molecule has 0 aliphatic heterocycles. The van der Waals surface area contributed by atoms with Crippen LogP contribution in [0.25, 0.3) is 11.1 Å². The molecule has 6 heteroatoms. The molecular weight excluding hydrogens is 285 g/mol. The average molecular weight is 292 g/mol. The van der Waals surface area contributed by atoms with Gasteiger partial charge in [-0.3, -0.25) is 4.98 Å². The van der Waals surface area contributed by atoms with Gasteiger partial charge in [0.2, 0.25) is 0 Å². The summed E-state index contributed by atoms with van der Waals surface area (Å²) in [6, 6.07) is 3.18. The summed E-state index contributed by atoms with van der Waals surface area (Å²) in [5.41, 5.74) is 6.47. The highest BCUT2D eigenvalue weighted by atomic mass is 35.5. The van der Waals surface area contributed by atoms with Gasteiger partial charge in [-0.25, -0.2) is 4.39 Å². The molecule has 1 aromatic carbocycles. The molecule has 1 aromatic heterocycles. The minimum atomic E-state index is -0.607. The fraction of sp³-hybridized carbons (Fsp3) is 0. The van der Waals surface area contributed by atoms with Gasteiger partial charge in [0.05, 0.1) is 27.0 Å². The number of rotatable bonds is 1. The number of nitrogens with zero attached hydrogens (tertiary/aromatic N) is 1. The van der Waals surface area contributed by atoms with Crippen molar-refractivity contribution in [3.8, 4) is 11.1 Å². The van der Waals surface area contributed by atoms with Gasteiger partial charge in [-0.1, -0.05) is 40.9 Å². The Hall–Kier alpha value is -1.03. The van der Waals surface area contributed by atoms with Crippen LogP contribution in [0.4, 0.5) is 10.1 Å². The molecule has 2 rings (SSSR count). The summed E-state index contributed by atoms with van der Waals surface area (Å²) in [4.78, 5) is 3.72. The number of pyridine rings is 1. The lowest BCUT2D eigenvalue weighted by Crippen LogP contribution is -1.96. The minimum Gasteiger partial charge on any atom is -0.396 e. The normalized spacial score (nSPS) is 10.6. The van der Waals surface area contributed by atoms with Crippen molar-refractivity contribution in [1.29, 1.82) is 0 Å². The molecule has 0 radical (unpaired) electrons. The number of hydrogen-bond donors (Lipinski definition) is 1. The molecule has 0 bridgehead atoms. The lowest BCUT2D eigenvalue weighted by Gasteiger charge is -2.09. The van der Waals surface area contributed by atoms with Crippen LogP contribution in [-0.2, 0) is 0 Å². The smallest absolute Gasteiger partial charge is 0.164 e. The van der Waals surface area contributed by atoms with Crippen LogP contribution in [-0.4, -0.2) is 4.98 Å². The molecule has 0 unspecified atom stereocenters. The Bertz CT molecular complexity index is 587. The third kappa shape index (κ3) is 2.18. The summed E-state index contributed by atoms with van der Waals surface area (Å²) in [6.45, 7) is 0. The molecular formula is C11H6Cl3FN2. The summed E-state index contributed by atoms with van der Waals surface area (Å²) < 4.78 is 13.3. The molecule has 2 N–H and O–H groups in total. The number of benzene rings is 1. The van der Waals surface area contributed by atoms with Crippen molar-refractivity contribution in [2.45, 2.75) is 0 Å². The average Bonchev–Trinajstić information content (AvgIpc) is 2.31.